The summed E-state index contributed by atoms with van der Waals surface area (Å²) in [6, 6.07) is 11.4. The van der Waals surface area contributed by atoms with E-state index < -0.39 is 0 Å². The molecule has 0 bridgehead atoms. The second-order valence-electron chi connectivity index (χ2n) is 3.60. The first-order valence-corrected chi connectivity index (χ1v) is 5.72. The lowest BCUT2D eigenvalue weighted by atomic mass is 10.2. The second-order valence-corrected chi connectivity index (χ2v) is 4.71. The minimum atomic E-state index is 0.507. The van der Waals surface area contributed by atoms with E-state index in [1.165, 1.54) is 21.4 Å². The predicted molar refractivity (Wildman–Crippen MR) is 60.3 cm³/mol. The molecule has 3 heteroatoms. The van der Waals surface area contributed by atoms with E-state index in [9.17, 15) is 0 Å². The normalized spacial score (nSPS) is 21.9. The molecule has 1 aliphatic heterocycles. The highest BCUT2D eigenvalue weighted by molar-refractivity contribution is 7.19. The number of hydrogen-bond donors (Lipinski definition) is 2. The van der Waals surface area contributed by atoms with E-state index in [4.69, 9.17) is 0 Å². The molecule has 2 nitrogen and oxygen atoms in total. The lowest BCUT2D eigenvalue weighted by molar-refractivity contribution is 0.589. The van der Waals surface area contributed by atoms with Crippen LogP contribution in [0.5, 0.6) is 0 Å². The molecule has 1 saturated heterocycles. The molecule has 72 valence electrons. The van der Waals surface area contributed by atoms with Crippen molar-refractivity contribution in [1.29, 1.82) is 0 Å². The van der Waals surface area contributed by atoms with Gasteiger partial charge in [0.2, 0.25) is 0 Å². The number of nitrogens with one attached hydrogen (secondary N) is 2. The van der Waals surface area contributed by atoms with E-state index in [-0.39, 0.29) is 0 Å². The molecule has 14 heavy (non-hydrogen) atoms. The molecule has 0 spiro atoms. The summed E-state index contributed by atoms with van der Waals surface area (Å²) >= 11 is 1.89. The number of rotatable bonds is 1. The second kappa shape index (κ2) is 3.35. The monoisotopic (exact) mass is 204 g/mol. The van der Waals surface area contributed by atoms with Gasteiger partial charge in [0, 0.05) is 16.1 Å². The molecule has 0 saturated carbocycles. The average molecular weight is 204 g/mol. The van der Waals surface area contributed by atoms with Gasteiger partial charge in [-0.3, -0.25) is 5.43 Å². The molecule has 2 N–H and O–H groups in total. The first-order valence-electron chi connectivity index (χ1n) is 4.90. The third kappa shape index (κ3) is 1.34. The highest BCUT2D eigenvalue weighted by Crippen LogP contribution is 2.31. The Balaban J connectivity index is 2.05. The zero-order valence-electron chi connectivity index (χ0n) is 7.79. The molecule has 0 amide bonds. The number of thiophene rings is 1. The van der Waals surface area contributed by atoms with Crippen molar-refractivity contribution in [3.8, 4) is 0 Å². The van der Waals surface area contributed by atoms with Gasteiger partial charge in [-0.2, -0.15) is 0 Å². The number of fused-ring (bicyclic) bond motifs is 1. The maximum atomic E-state index is 3.29. The van der Waals surface area contributed by atoms with Crippen LogP contribution in [0.4, 0.5) is 0 Å². The summed E-state index contributed by atoms with van der Waals surface area (Å²) in [5, 5.41) is 1.36. The summed E-state index contributed by atoms with van der Waals surface area (Å²) in [5.74, 6) is 0. The minimum Gasteiger partial charge on any atom is -0.257 e. The van der Waals surface area contributed by atoms with Gasteiger partial charge in [0.25, 0.3) is 0 Å². The van der Waals surface area contributed by atoms with Crippen LogP contribution in [0.3, 0.4) is 0 Å². The summed E-state index contributed by atoms with van der Waals surface area (Å²) in [6.45, 7) is 1.07. The average Bonchev–Trinajstić information content (AvgIpc) is 2.86. The van der Waals surface area contributed by atoms with Crippen molar-refractivity contribution < 1.29 is 0 Å². The van der Waals surface area contributed by atoms with Gasteiger partial charge < -0.3 is 0 Å². The van der Waals surface area contributed by atoms with Crippen LogP contribution in [-0.2, 0) is 0 Å². The van der Waals surface area contributed by atoms with Crippen molar-refractivity contribution >= 4 is 21.4 Å². The Morgan fingerprint density at radius 1 is 1.29 bits per heavy atom. The molecule has 1 aromatic carbocycles. The summed E-state index contributed by atoms with van der Waals surface area (Å²) in [5.41, 5.74) is 6.47. The topological polar surface area (TPSA) is 24.1 Å². The number of benzene rings is 1. The fraction of sp³-hybridized carbons (Fsp3) is 0.273. The summed E-state index contributed by atoms with van der Waals surface area (Å²) in [7, 11) is 0. The van der Waals surface area contributed by atoms with Crippen LogP contribution in [0, 0.1) is 0 Å². The highest BCUT2D eigenvalue weighted by atomic mass is 32.1. The molecule has 0 radical (unpaired) electrons. The maximum Gasteiger partial charge on any atom is 0.0568 e. The van der Waals surface area contributed by atoms with Crippen LogP contribution in [-0.4, -0.2) is 6.54 Å². The van der Waals surface area contributed by atoms with Crippen molar-refractivity contribution in [2.24, 2.45) is 0 Å². The van der Waals surface area contributed by atoms with Crippen molar-refractivity contribution in [1.82, 2.24) is 10.9 Å². The molecule has 1 aromatic heterocycles. The van der Waals surface area contributed by atoms with Crippen molar-refractivity contribution in [2.75, 3.05) is 6.54 Å². The quantitative estimate of drug-likeness (QED) is 0.745. The summed E-state index contributed by atoms with van der Waals surface area (Å²) in [4.78, 5) is 1.44. The largest absolute Gasteiger partial charge is 0.257 e. The van der Waals surface area contributed by atoms with Gasteiger partial charge in [0.05, 0.1) is 6.04 Å². The molecule has 1 fully saturated rings. The van der Waals surface area contributed by atoms with Crippen molar-refractivity contribution in [3.63, 3.8) is 0 Å². The van der Waals surface area contributed by atoms with Gasteiger partial charge in [-0.15, -0.1) is 11.3 Å². The molecular formula is C11H12N2S. The zero-order valence-corrected chi connectivity index (χ0v) is 8.60. The van der Waals surface area contributed by atoms with Gasteiger partial charge in [-0.05, 0) is 23.9 Å². The first-order chi connectivity index (χ1) is 6.93. The third-order valence-electron chi connectivity index (χ3n) is 2.62. The van der Waals surface area contributed by atoms with Crippen LogP contribution >= 0.6 is 11.3 Å². The zero-order chi connectivity index (χ0) is 9.38. The molecular weight excluding hydrogens is 192 g/mol. The van der Waals surface area contributed by atoms with Crippen molar-refractivity contribution in [3.05, 3.63) is 35.2 Å². The molecule has 1 unspecified atom stereocenters. The van der Waals surface area contributed by atoms with E-state index in [1.807, 2.05) is 11.3 Å². The molecule has 2 aromatic rings. The SMILES string of the molecule is c1ccc2sc(C3CCNN3)cc2c1. The van der Waals surface area contributed by atoms with E-state index in [2.05, 4.69) is 41.2 Å². The van der Waals surface area contributed by atoms with Gasteiger partial charge in [0.1, 0.15) is 0 Å². The Labute approximate surface area is 86.9 Å². The van der Waals surface area contributed by atoms with Crippen molar-refractivity contribution in [2.45, 2.75) is 12.5 Å². The van der Waals surface area contributed by atoms with Crippen LogP contribution in [0.15, 0.2) is 30.3 Å². The fourth-order valence-electron chi connectivity index (χ4n) is 1.87. The number of hydrazine groups is 1. The fourth-order valence-corrected chi connectivity index (χ4v) is 3.02. The maximum absolute atomic E-state index is 3.29. The lowest BCUT2D eigenvalue weighted by Gasteiger charge is -2.04. The van der Waals surface area contributed by atoms with Crippen LogP contribution < -0.4 is 10.9 Å². The van der Waals surface area contributed by atoms with Crippen LogP contribution in [0.25, 0.3) is 10.1 Å². The first kappa shape index (κ1) is 8.41. The molecule has 0 aliphatic carbocycles. The smallest absolute Gasteiger partial charge is 0.0568 e. The van der Waals surface area contributed by atoms with Gasteiger partial charge in [0.15, 0.2) is 0 Å². The molecule has 3 rings (SSSR count). The summed E-state index contributed by atoms with van der Waals surface area (Å²) < 4.78 is 1.39. The van der Waals surface area contributed by atoms with E-state index >= 15 is 0 Å². The molecule has 1 aliphatic rings. The standard InChI is InChI=1S/C11H12N2S/c1-2-4-10-8(3-1)7-11(14-10)9-5-6-12-13-9/h1-4,7,9,12-13H,5-6H2. The van der Waals surface area contributed by atoms with E-state index in [1.54, 1.807) is 0 Å². The molecule has 1 atom stereocenters. The lowest BCUT2D eigenvalue weighted by Crippen LogP contribution is -2.24. The third-order valence-corrected chi connectivity index (χ3v) is 3.85. The van der Waals surface area contributed by atoms with Crippen LogP contribution in [0.2, 0.25) is 0 Å². The van der Waals surface area contributed by atoms with Gasteiger partial charge in [-0.1, -0.05) is 18.2 Å². The molecule has 2 heterocycles. The number of hydrogen-bond acceptors (Lipinski definition) is 3. The Morgan fingerprint density at radius 2 is 2.21 bits per heavy atom. The Hall–Kier alpha value is -0.900. The van der Waals surface area contributed by atoms with Gasteiger partial charge >= 0.3 is 0 Å². The Bertz CT molecular complexity index is 410. The van der Waals surface area contributed by atoms with Gasteiger partial charge in [-0.25, -0.2) is 5.43 Å². The highest BCUT2D eigenvalue weighted by Gasteiger charge is 2.17. The van der Waals surface area contributed by atoms with E-state index in [0.29, 0.717) is 6.04 Å². The Morgan fingerprint density at radius 3 is 3.00 bits per heavy atom. The minimum absolute atomic E-state index is 0.507. The predicted octanol–water partition coefficient (Wildman–Crippen LogP) is 2.44. The van der Waals surface area contributed by atoms with Crippen LogP contribution in [0.1, 0.15) is 17.3 Å². The Kier molecular flexibility index (Phi) is 2.01. The van der Waals surface area contributed by atoms with E-state index in [0.717, 1.165) is 6.54 Å². The summed E-state index contributed by atoms with van der Waals surface area (Å²) in [6.07, 6.45) is 1.19.